The van der Waals surface area contributed by atoms with E-state index < -0.39 is 5.97 Å². The highest BCUT2D eigenvalue weighted by Crippen LogP contribution is 2.24. The van der Waals surface area contributed by atoms with Gasteiger partial charge in [0.15, 0.2) is 5.70 Å². The maximum atomic E-state index is 12.1. The van der Waals surface area contributed by atoms with Crippen molar-refractivity contribution < 1.29 is 9.53 Å². The van der Waals surface area contributed by atoms with E-state index in [0.29, 0.717) is 11.6 Å². The van der Waals surface area contributed by atoms with Crippen molar-refractivity contribution in [1.82, 2.24) is 0 Å². The van der Waals surface area contributed by atoms with Crippen molar-refractivity contribution in [1.29, 1.82) is 0 Å². The van der Waals surface area contributed by atoms with Crippen molar-refractivity contribution in [2.45, 2.75) is 13.8 Å². The fraction of sp³-hybridized carbons (Fsp3) is 0.200. The summed E-state index contributed by atoms with van der Waals surface area (Å²) in [4.78, 5) is 18.7. The van der Waals surface area contributed by atoms with Crippen LogP contribution in [0.2, 0.25) is 0 Å². The van der Waals surface area contributed by atoms with Gasteiger partial charge < -0.3 is 9.64 Å². The lowest BCUT2D eigenvalue weighted by Gasteiger charge is -2.20. The van der Waals surface area contributed by atoms with E-state index in [2.05, 4.69) is 51.8 Å². The third-order valence-corrected chi connectivity index (χ3v) is 4.74. The Labute approximate surface area is 156 Å². The summed E-state index contributed by atoms with van der Waals surface area (Å²) in [6.07, 6.45) is 1.75. The summed E-state index contributed by atoms with van der Waals surface area (Å²) in [6, 6.07) is 15.6. The Bertz CT molecular complexity index is 837. The second kappa shape index (κ2) is 7.66. The summed E-state index contributed by atoms with van der Waals surface area (Å²) in [6.45, 7) is 6.18. The fourth-order valence-corrected chi connectivity index (χ4v) is 3.14. The van der Waals surface area contributed by atoms with Gasteiger partial charge >= 0.3 is 5.97 Å². The summed E-state index contributed by atoms with van der Waals surface area (Å²) >= 11 is 3.45. The molecule has 0 N–H and O–H groups in total. The number of rotatable bonds is 5. The molecular weight excluding hydrogens is 380 g/mol. The first-order valence-corrected chi connectivity index (χ1v) is 9.04. The van der Waals surface area contributed by atoms with Crippen molar-refractivity contribution in [3.8, 4) is 0 Å². The Hall–Kier alpha value is -2.40. The molecule has 128 valence electrons. The van der Waals surface area contributed by atoms with Gasteiger partial charge in [-0.15, -0.1) is 0 Å². The van der Waals surface area contributed by atoms with Crippen LogP contribution in [0.5, 0.6) is 0 Å². The second-order valence-electron chi connectivity index (χ2n) is 5.58. The van der Waals surface area contributed by atoms with Crippen LogP contribution in [0.4, 0.5) is 5.69 Å². The zero-order valence-corrected chi connectivity index (χ0v) is 15.8. The largest absolute Gasteiger partial charge is 0.402 e. The number of ether oxygens (including phenoxy) is 1. The van der Waals surface area contributed by atoms with Crippen molar-refractivity contribution in [2.24, 2.45) is 4.99 Å². The molecule has 3 rings (SSSR count). The Morgan fingerprint density at radius 3 is 2.40 bits per heavy atom. The highest BCUT2D eigenvalue weighted by molar-refractivity contribution is 9.10. The minimum absolute atomic E-state index is 0.307. The summed E-state index contributed by atoms with van der Waals surface area (Å²) < 4.78 is 6.15. The number of esters is 1. The topological polar surface area (TPSA) is 41.9 Å². The Kier molecular flexibility index (Phi) is 5.34. The van der Waals surface area contributed by atoms with Crippen LogP contribution in [0.15, 0.2) is 63.7 Å². The number of cyclic esters (lactones) is 1. The normalized spacial score (nSPS) is 15.2. The fourth-order valence-electron chi connectivity index (χ4n) is 2.69. The average Bonchev–Trinajstić information content (AvgIpc) is 2.98. The molecule has 1 aliphatic heterocycles. The van der Waals surface area contributed by atoms with Crippen LogP contribution in [0.3, 0.4) is 0 Å². The standard InChI is InChI=1S/C20H19BrN2O2/c1-3-23(4-2)15-11-9-14(10-12-15)13-18-20(24)25-19(22-18)16-7-5-6-8-17(16)21/h5-13H,3-4H2,1-2H3. The number of nitrogens with zero attached hydrogens (tertiary/aromatic N) is 2. The number of benzene rings is 2. The van der Waals surface area contributed by atoms with Crippen molar-refractivity contribution >= 4 is 39.6 Å². The molecule has 25 heavy (non-hydrogen) atoms. The molecule has 1 aliphatic rings. The molecule has 0 fully saturated rings. The highest BCUT2D eigenvalue weighted by atomic mass is 79.9. The molecule has 0 saturated heterocycles. The molecule has 2 aromatic rings. The predicted molar refractivity (Wildman–Crippen MR) is 105 cm³/mol. The van der Waals surface area contributed by atoms with Crippen LogP contribution in [0.1, 0.15) is 25.0 Å². The van der Waals surface area contributed by atoms with E-state index in [0.717, 1.165) is 28.7 Å². The van der Waals surface area contributed by atoms with Gasteiger partial charge in [-0.1, -0.05) is 24.3 Å². The molecule has 0 aliphatic carbocycles. The zero-order chi connectivity index (χ0) is 17.8. The number of anilines is 1. The van der Waals surface area contributed by atoms with Gasteiger partial charge in [-0.05, 0) is 65.7 Å². The maximum absolute atomic E-state index is 12.1. The minimum Gasteiger partial charge on any atom is -0.402 e. The van der Waals surface area contributed by atoms with Crippen molar-refractivity contribution in [3.63, 3.8) is 0 Å². The van der Waals surface area contributed by atoms with Crippen LogP contribution in [-0.2, 0) is 9.53 Å². The zero-order valence-electron chi connectivity index (χ0n) is 14.2. The minimum atomic E-state index is -0.432. The maximum Gasteiger partial charge on any atom is 0.363 e. The first-order valence-electron chi connectivity index (χ1n) is 8.24. The van der Waals surface area contributed by atoms with Crippen LogP contribution >= 0.6 is 15.9 Å². The Morgan fingerprint density at radius 1 is 1.08 bits per heavy atom. The van der Waals surface area contributed by atoms with Crippen molar-refractivity contribution in [3.05, 3.63) is 69.8 Å². The predicted octanol–water partition coefficient (Wildman–Crippen LogP) is 4.64. The molecule has 0 saturated carbocycles. The summed E-state index contributed by atoms with van der Waals surface area (Å²) in [5, 5.41) is 0. The molecule has 0 amide bonds. The Morgan fingerprint density at radius 2 is 1.76 bits per heavy atom. The lowest BCUT2D eigenvalue weighted by atomic mass is 10.1. The lowest BCUT2D eigenvalue weighted by molar-refractivity contribution is -0.129. The van der Waals surface area contributed by atoms with Crippen LogP contribution < -0.4 is 4.90 Å². The first kappa shape index (κ1) is 17.4. The molecule has 2 aromatic carbocycles. The number of aliphatic imine (C=N–C) groups is 1. The average molecular weight is 399 g/mol. The molecular formula is C20H19BrN2O2. The van der Waals surface area contributed by atoms with Crippen LogP contribution in [0, 0.1) is 0 Å². The van der Waals surface area contributed by atoms with Crippen LogP contribution in [-0.4, -0.2) is 25.0 Å². The molecule has 0 bridgehead atoms. The highest BCUT2D eigenvalue weighted by Gasteiger charge is 2.25. The number of halogens is 1. The van der Waals surface area contributed by atoms with E-state index in [1.165, 1.54) is 5.69 Å². The summed E-state index contributed by atoms with van der Waals surface area (Å²) in [5.74, 6) is -0.109. The van der Waals surface area contributed by atoms with E-state index in [1.54, 1.807) is 6.08 Å². The van der Waals surface area contributed by atoms with Gasteiger partial charge in [0, 0.05) is 23.2 Å². The third-order valence-electron chi connectivity index (χ3n) is 4.05. The van der Waals surface area contributed by atoms with Gasteiger partial charge in [0.2, 0.25) is 5.90 Å². The smallest absolute Gasteiger partial charge is 0.363 e. The monoisotopic (exact) mass is 398 g/mol. The summed E-state index contributed by atoms with van der Waals surface area (Å²) in [7, 11) is 0. The third kappa shape index (κ3) is 3.82. The van der Waals surface area contributed by atoms with Gasteiger partial charge in [0.25, 0.3) is 0 Å². The van der Waals surface area contributed by atoms with E-state index in [9.17, 15) is 4.79 Å². The molecule has 0 aromatic heterocycles. The number of carbonyl (C=O) groups is 1. The van der Waals surface area contributed by atoms with Gasteiger partial charge in [-0.3, -0.25) is 0 Å². The van der Waals surface area contributed by atoms with Gasteiger partial charge in [0.05, 0.1) is 5.56 Å². The van der Waals surface area contributed by atoms with Crippen LogP contribution in [0.25, 0.3) is 6.08 Å². The molecule has 5 heteroatoms. The molecule has 0 radical (unpaired) electrons. The first-order chi connectivity index (χ1) is 12.1. The Balaban J connectivity index is 1.86. The number of carbonyl (C=O) groups excluding carboxylic acids is 1. The second-order valence-corrected chi connectivity index (χ2v) is 6.43. The van der Waals surface area contributed by atoms with Gasteiger partial charge in [-0.2, -0.15) is 0 Å². The van der Waals surface area contributed by atoms with Gasteiger partial charge in [0.1, 0.15) is 0 Å². The van der Waals surface area contributed by atoms with Gasteiger partial charge in [-0.25, -0.2) is 9.79 Å². The van der Waals surface area contributed by atoms with E-state index in [1.807, 2.05) is 36.4 Å². The number of hydrogen-bond donors (Lipinski definition) is 0. The molecule has 0 unspecified atom stereocenters. The summed E-state index contributed by atoms with van der Waals surface area (Å²) in [5.41, 5.74) is 3.15. The molecule has 0 spiro atoms. The molecule has 1 heterocycles. The quantitative estimate of drug-likeness (QED) is 0.544. The lowest BCUT2D eigenvalue weighted by Crippen LogP contribution is -2.21. The number of hydrogen-bond acceptors (Lipinski definition) is 4. The van der Waals surface area contributed by atoms with E-state index >= 15 is 0 Å². The van der Waals surface area contributed by atoms with Crippen molar-refractivity contribution in [2.75, 3.05) is 18.0 Å². The van der Waals surface area contributed by atoms with E-state index in [-0.39, 0.29) is 0 Å². The SMILES string of the molecule is CCN(CC)c1ccc(C=C2N=C(c3ccccc3Br)OC2=O)cc1. The molecule has 0 atom stereocenters. The molecule has 4 nitrogen and oxygen atoms in total. The van der Waals surface area contributed by atoms with E-state index in [4.69, 9.17) is 4.74 Å².